The highest BCUT2D eigenvalue weighted by atomic mass is 32.2. The van der Waals surface area contributed by atoms with Crippen LogP contribution in [0.5, 0.6) is 17.2 Å². The zero-order chi connectivity index (χ0) is 25.2. The van der Waals surface area contributed by atoms with Crippen molar-refractivity contribution >= 4 is 15.9 Å². The summed E-state index contributed by atoms with van der Waals surface area (Å²) in [5.41, 5.74) is 1.15. The first-order valence-electron chi connectivity index (χ1n) is 12.0. The summed E-state index contributed by atoms with van der Waals surface area (Å²) in [5.74, 6) is 1.87. The van der Waals surface area contributed by atoms with E-state index in [0.29, 0.717) is 43.0 Å². The zero-order valence-corrected chi connectivity index (χ0v) is 21.6. The van der Waals surface area contributed by atoms with E-state index < -0.39 is 15.6 Å². The molecule has 1 saturated heterocycles. The Bertz CT molecular complexity index is 1190. The number of nitrogens with one attached hydrogen (secondary N) is 1. The third-order valence-corrected chi connectivity index (χ3v) is 8.48. The highest BCUT2D eigenvalue weighted by Crippen LogP contribution is 2.41. The quantitative estimate of drug-likeness (QED) is 0.590. The number of aryl methyl sites for hydroxylation is 1. The summed E-state index contributed by atoms with van der Waals surface area (Å²) in [6, 6.07) is 10.3. The van der Waals surface area contributed by atoms with E-state index in [1.54, 1.807) is 32.4 Å². The van der Waals surface area contributed by atoms with Gasteiger partial charge in [-0.2, -0.15) is 4.31 Å². The number of hydrogen-bond acceptors (Lipinski definition) is 6. The van der Waals surface area contributed by atoms with Gasteiger partial charge in [0, 0.05) is 31.5 Å². The van der Waals surface area contributed by atoms with Crippen LogP contribution in [0.3, 0.4) is 0 Å². The normalized spacial score (nSPS) is 19.5. The van der Waals surface area contributed by atoms with E-state index in [1.165, 1.54) is 4.31 Å². The van der Waals surface area contributed by atoms with Gasteiger partial charge in [-0.3, -0.25) is 4.79 Å². The van der Waals surface area contributed by atoms with Crippen LogP contribution in [0.1, 0.15) is 56.7 Å². The average molecular weight is 503 g/mol. The molecule has 0 bridgehead atoms. The molecule has 35 heavy (non-hydrogen) atoms. The Balaban J connectivity index is 1.49. The minimum absolute atomic E-state index is 0.128. The zero-order valence-electron chi connectivity index (χ0n) is 20.8. The van der Waals surface area contributed by atoms with Crippen LogP contribution < -0.4 is 19.5 Å². The van der Waals surface area contributed by atoms with E-state index in [0.717, 1.165) is 24.2 Å². The number of carbonyl (C=O) groups excluding carboxylic acids is 1. The SMILES string of the molecule is COc1ccc2c(c1)C(NC(=O)CCc1cc(S(=O)(=O)N3CCCC3)ccc1OC)CC(C)(C)O2. The van der Waals surface area contributed by atoms with E-state index in [2.05, 4.69) is 5.32 Å². The molecule has 0 radical (unpaired) electrons. The molecule has 1 unspecified atom stereocenters. The standard InChI is InChI=1S/C26H34N2O6S/c1-26(2)17-22(21-16-19(32-3)8-10-24(21)34-26)27-25(29)12-7-18-15-20(9-11-23(18)33-4)35(30,31)28-13-5-6-14-28/h8-11,15-16,22H,5-7,12-14,17H2,1-4H3,(H,27,29). The van der Waals surface area contributed by atoms with Crippen molar-refractivity contribution in [3.63, 3.8) is 0 Å². The third-order valence-electron chi connectivity index (χ3n) is 6.59. The molecule has 0 aliphatic carbocycles. The molecule has 1 fully saturated rings. The molecule has 0 spiro atoms. The average Bonchev–Trinajstić information content (AvgIpc) is 3.38. The molecule has 190 valence electrons. The Morgan fingerprint density at radius 1 is 1.11 bits per heavy atom. The topological polar surface area (TPSA) is 94.2 Å². The van der Waals surface area contributed by atoms with Crippen molar-refractivity contribution in [1.82, 2.24) is 9.62 Å². The van der Waals surface area contributed by atoms with Crippen molar-refractivity contribution in [3.8, 4) is 17.2 Å². The Labute approximate surface area is 207 Å². The van der Waals surface area contributed by atoms with Gasteiger partial charge in [-0.05, 0) is 75.1 Å². The van der Waals surface area contributed by atoms with Crippen molar-refractivity contribution in [3.05, 3.63) is 47.5 Å². The number of ether oxygens (including phenoxy) is 3. The van der Waals surface area contributed by atoms with Gasteiger partial charge in [0.05, 0.1) is 25.2 Å². The first-order valence-corrected chi connectivity index (χ1v) is 13.4. The van der Waals surface area contributed by atoms with E-state index in [9.17, 15) is 13.2 Å². The van der Waals surface area contributed by atoms with Crippen LogP contribution >= 0.6 is 0 Å². The largest absolute Gasteiger partial charge is 0.497 e. The van der Waals surface area contributed by atoms with Crippen LogP contribution in [0.2, 0.25) is 0 Å². The number of fused-ring (bicyclic) bond motifs is 1. The molecule has 1 N–H and O–H groups in total. The minimum atomic E-state index is -3.55. The van der Waals surface area contributed by atoms with E-state index in [4.69, 9.17) is 14.2 Å². The van der Waals surface area contributed by atoms with Gasteiger partial charge in [-0.1, -0.05) is 0 Å². The van der Waals surface area contributed by atoms with E-state index in [-0.39, 0.29) is 23.3 Å². The summed E-state index contributed by atoms with van der Waals surface area (Å²) >= 11 is 0. The molecular weight excluding hydrogens is 468 g/mol. The van der Waals surface area contributed by atoms with Crippen molar-refractivity contribution in [2.75, 3.05) is 27.3 Å². The minimum Gasteiger partial charge on any atom is -0.497 e. The second-order valence-electron chi connectivity index (χ2n) is 9.67. The number of nitrogens with zero attached hydrogens (tertiary/aromatic N) is 1. The molecule has 2 aliphatic heterocycles. The first-order chi connectivity index (χ1) is 16.6. The number of methoxy groups -OCH3 is 2. The Hall–Kier alpha value is -2.78. The summed E-state index contributed by atoms with van der Waals surface area (Å²) in [6.07, 6.45) is 2.92. The second-order valence-corrected chi connectivity index (χ2v) is 11.6. The Kier molecular flexibility index (Phi) is 7.28. The maximum absolute atomic E-state index is 13.0. The van der Waals surface area contributed by atoms with Crippen molar-refractivity contribution < 1.29 is 27.4 Å². The molecule has 9 heteroatoms. The van der Waals surface area contributed by atoms with E-state index >= 15 is 0 Å². The van der Waals surface area contributed by atoms with Crippen molar-refractivity contribution in [2.24, 2.45) is 0 Å². The van der Waals surface area contributed by atoms with Gasteiger partial charge in [-0.25, -0.2) is 8.42 Å². The summed E-state index contributed by atoms with van der Waals surface area (Å²) < 4.78 is 44.4. The lowest BCUT2D eigenvalue weighted by Gasteiger charge is -2.38. The summed E-state index contributed by atoms with van der Waals surface area (Å²) in [7, 11) is -0.400. The molecule has 2 aromatic rings. The smallest absolute Gasteiger partial charge is 0.243 e. The fourth-order valence-electron chi connectivity index (χ4n) is 4.79. The number of sulfonamides is 1. The maximum atomic E-state index is 13.0. The molecule has 1 atom stereocenters. The van der Waals surface area contributed by atoms with E-state index in [1.807, 2.05) is 32.0 Å². The van der Waals surface area contributed by atoms with Crippen LogP contribution in [0.25, 0.3) is 0 Å². The highest BCUT2D eigenvalue weighted by molar-refractivity contribution is 7.89. The van der Waals surface area contributed by atoms with Gasteiger partial charge in [0.25, 0.3) is 0 Å². The molecule has 2 heterocycles. The van der Waals surface area contributed by atoms with Gasteiger partial charge in [-0.15, -0.1) is 0 Å². The van der Waals surface area contributed by atoms with Crippen LogP contribution in [-0.2, 0) is 21.2 Å². The Morgan fingerprint density at radius 2 is 1.86 bits per heavy atom. The maximum Gasteiger partial charge on any atom is 0.243 e. The van der Waals surface area contributed by atoms with Gasteiger partial charge in [0.15, 0.2) is 0 Å². The lowest BCUT2D eigenvalue weighted by molar-refractivity contribution is -0.122. The van der Waals surface area contributed by atoms with Crippen LogP contribution in [0.15, 0.2) is 41.3 Å². The number of hydrogen-bond donors (Lipinski definition) is 1. The first kappa shape index (κ1) is 25.3. The predicted octanol–water partition coefficient (Wildman–Crippen LogP) is 3.84. The lowest BCUT2D eigenvalue weighted by Crippen LogP contribution is -2.41. The van der Waals surface area contributed by atoms with Crippen LogP contribution in [0.4, 0.5) is 0 Å². The van der Waals surface area contributed by atoms with Crippen molar-refractivity contribution in [2.45, 2.75) is 62.5 Å². The Morgan fingerprint density at radius 3 is 2.54 bits per heavy atom. The van der Waals surface area contributed by atoms with Crippen LogP contribution in [0, 0.1) is 0 Å². The molecule has 8 nitrogen and oxygen atoms in total. The molecule has 2 aliphatic rings. The lowest BCUT2D eigenvalue weighted by atomic mass is 9.89. The fourth-order valence-corrected chi connectivity index (χ4v) is 6.36. The van der Waals surface area contributed by atoms with Gasteiger partial charge in [0.2, 0.25) is 15.9 Å². The van der Waals surface area contributed by atoms with Crippen molar-refractivity contribution in [1.29, 1.82) is 0 Å². The monoisotopic (exact) mass is 502 g/mol. The number of carbonyl (C=O) groups is 1. The molecule has 0 aromatic heterocycles. The third kappa shape index (κ3) is 5.56. The fraction of sp³-hybridized carbons (Fsp3) is 0.500. The molecule has 0 saturated carbocycles. The summed E-state index contributed by atoms with van der Waals surface area (Å²) in [4.78, 5) is 13.2. The number of amides is 1. The summed E-state index contributed by atoms with van der Waals surface area (Å²) in [6.45, 7) is 5.08. The molecule has 2 aromatic carbocycles. The van der Waals surface area contributed by atoms with Gasteiger partial charge >= 0.3 is 0 Å². The second kappa shape index (κ2) is 10.1. The molecule has 4 rings (SSSR count). The number of rotatable bonds is 8. The number of benzene rings is 2. The molecule has 1 amide bonds. The predicted molar refractivity (Wildman–Crippen MR) is 133 cm³/mol. The van der Waals surface area contributed by atoms with Gasteiger partial charge < -0.3 is 19.5 Å². The highest BCUT2D eigenvalue weighted by Gasteiger charge is 2.35. The van der Waals surface area contributed by atoms with Crippen LogP contribution in [-0.4, -0.2) is 51.5 Å². The summed E-state index contributed by atoms with van der Waals surface area (Å²) in [5, 5.41) is 3.14. The van der Waals surface area contributed by atoms with Gasteiger partial charge in [0.1, 0.15) is 22.8 Å². The molecular formula is C26H34N2O6S.